The summed E-state index contributed by atoms with van der Waals surface area (Å²) in [4.78, 5) is 37.4. The van der Waals surface area contributed by atoms with Crippen LogP contribution >= 0.6 is 0 Å². The Hall–Kier alpha value is -4.27. The highest BCUT2D eigenvalue weighted by atomic mass is 32.2. The summed E-state index contributed by atoms with van der Waals surface area (Å²) < 4.78 is 28.7. The highest BCUT2D eigenvalue weighted by Gasteiger charge is 2.47. The molecule has 5 rings (SSSR count). The maximum absolute atomic E-state index is 13.2. The molecule has 3 atom stereocenters. The van der Waals surface area contributed by atoms with Gasteiger partial charge in [0.25, 0.3) is 5.91 Å². The van der Waals surface area contributed by atoms with Crippen molar-refractivity contribution >= 4 is 33.6 Å². The molecule has 1 saturated heterocycles. The van der Waals surface area contributed by atoms with Crippen LogP contribution < -0.4 is 20.7 Å². The van der Waals surface area contributed by atoms with Gasteiger partial charge in [-0.05, 0) is 11.6 Å². The molecular weight excluding hydrogens is 538 g/mol. The molecule has 2 unspecified atom stereocenters. The molecule has 1 amide bonds. The number of hydrogen-bond acceptors (Lipinski definition) is 9. The van der Waals surface area contributed by atoms with Crippen molar-refractivity contribution in [3.8, 4) is 11.1 Å². The van der Waals surface area contributed by atoms with Gasteiger partial charge in [0.05, 0.1) is 4.90 Å². The molecule has 1 spiro atoms. The number of H-pyrrole nitrogens is 1. The van der Waals surface area contributed by atoms with Gasteiger partial charge in [0.1, 0.15) is 11.8 Å². The first kappa shape index (κ1) is 27.3. The predicted molar refractivity (Wildman–Crippen MR) is 146 cm³/mol. The number of nitrogens with zero attached hydrogens (tertiary/aromatic N) is 2. The molecule has 210 valence electrons. The molecule has 3 aromatic rings. The van der Waals surface area contributed by atoms with E-state index >= 15 is 0 Å². The van der Waals surface area contributed by atoms with Crippen molar-refractivity contribution in [2.24, 2.45) is 5.16 Å². The molecule has 1 fully saturated rings. The molecule has 0 saturated carbocycles. The fourth-order valence-corrected chi connectivity index (χ4v) is 6.20. The maximum Gasteiger partial charge on any atom is 0.323 e. The van der Waals surface area contributed by atoms with E-state index in [0.717, 1.165) is 0 Å². The quantitative estimate of drug-likeness (QED) is 0.196. The van der Waals surface area contributed by atoms with Crippen molar-refractivity contribution in [1.82, 2.24) is 25.3 Å². The van der Waals surface area contributed by atoms with E-state index in [1.807, 2.05) is 6.07 Å². The van der Waals surface area contributed by atoms with Gasteiger partial charge in [0.15, 0.2) is 11.5 Å². The first-order valence-corrected chi connectivity index (χ1v) is 14.1. The Morgan fingerprint density at radius 2 is 1.93 bits per heavy atom. The van der Waals surface area contributed by atoms with Crippen LogP contribution in [0.25, 0.3) is 11.1 Å². The van der Waals surface area contributed by atoms with E-state index in [1.54, 1.807) is 54.9 Å². The van der Waals surface area contributed by atoms with Gasteiger partial charge in [-0.15, -0.1) is 0 Å². The van der Waals surface area contributed by atoms with E-state index in [0.29, 0.717) is 36.6 Å². The molecule has 3 heterocycles. The number of nitrogens with one attached hydrogen (secondary N) is 5. The van der Waals surface area contributed by atoms with Crippen LogP contribution in [0.1, 0.15) is 12.8 Å². The standard InChI is InChI=1S/C26H29N7O6S/c34-23(20-13-26(39-32-20)12-18(31-16-26)14-30-25-27-10-11-28-25)29-15-21(24(35)36)33-40(37,38)22-9-5-4-8-19(22)17-6-2-1-3-7-17/h1-11,18,21,31,33H,12-16H2,(H,29,34)(H,35,36)(H2,27,28,30)/t18?,21-,26?/m0/s1. The molecule has 13 nitrogen and oxygen atoms in total. The summed E-state index contributed by atoms with van der Waals surface area (Å²) in [6.07, 6.45) is 4.19. The lowest BCUT2D eigenvalue weighted by Gasteiger charge is -2.19. The SMILES string of the molecule is O=C(NC[C@H](NS(=O)(=O)c1ccccc1-c1ccccc1)C(=O)O)C1=NOC2(CNC(CNc3ncc[nH]3)C2)C1. The average Bonchev–Trinajstić information content (AvgIpc) is 3.72. The summed E-state index contributed by atoms with van der Waals surface area (Å²) in [5.74, 6) is -1.41. The van der Waals surface area contributed by atoms with Crippen molar-refractivity contribution in [2.75, 3.05) is 25.0 Å². The van der Waals surface area contributed by atoms with E-state index in [1.165, 1.54) is 6.07 Å². The van der Waals surface area contributed by atoms with Gasteiger partial charge in [0, 0.05) is 56.5 Å². The zero-order valence-corrected chi connectivity index (χ0v) is 22.1. The molecule has 14 heteroatoms. The van der Waals surface area contributed by atoms with Crippen LogP contribution in [0.4, 0.5) is 5.95 Å². The Labute approximate surface area is 230 Å². The van der Waals surface area contributed by atoms with Crippen molar-refractivity contribution in [3.63, 3.8) is 0 Å². The summed E-state index contributed by atoms with van der Waals surface area (Å²) in [6.45, 7) is 0.588. The minimum atomic E-state index is -4.25. The first-order chi connectivity index (χ1) is 19.2. The molecule has 2 aromatic carbocycles. The lowest BCUT2D eigenvalue weighted by Crippen LogP contribution is -2.49. The number of aromatic nitrogens is 2. The summed E-state index contributed by atoms with van der Waals surface area (Å²) in [7, 11) is -4.25. The molecule has 0 aliphatic carbocycles. The first-order valence-electron chi connectivity index (χ1n) is 12.6. The summed E-state index contributed by atoms with van der Waals surface area (Å²) in [5, 5.41) is 22.7. The van der Waals surface area contributed by atoms with E-state index in [2.05, 4.69) is 35.8 Å². The number of aromatic amines is 1. The molecule has 0 bridgehead atoms. The summed E-state index contributed by atoms with van der Waals surface area (Å²) >= 11 is 0. The number of carboxylic acid groups (broad SMARTS) is 1. The molecular formula is C26H29N7O6S. The minimum absolute atomic E-state index is 0.0623. The second kappa shape index (κ2) is 11.5. The monoisotopic (exact) mass is 567 g/mol. The number of amides is 1. The fourth-order valence-electron chi connectivity index (χ4n) is 4.78. The zero-order valence-electron chi connectivity index (χ0n) is 21.3. The van der Waals surface area contributed by atoms with Gasteiger partial charge in [-0.3, -0.25) is 9.59 Å². The Kier molecular flexibility index (Phi) is 7.82. The molecule has 40 heavy (non-hydrogen) atoms. The Balaban J connectivity index is 1.17. The second-order valence-electron chi connectivity index (χ2n) is 9.67. The van der Waals surface area contributed by atoms with Gasteiger partial charge < -0.3 is 30.9 Å². The number of anilines is 1. The van der Waals surface area contributed by atoms with E-state index in [9.17, 15) is 23.1 Å². The van der Waals surface area contributed by atoms with Crippen molar-refractivity contribution < 1.29 is 28.0 Å². The van der Waals surface area contributed by atoms with E-state index in [-0.39, 0.29) is 23.1 Å². The molecule has 2 aliphatic rings. The number of hydrogen-bond donors (Lipinski definition) is 6. The smallest absolute Gasteiger partial charge is 0.323 e. The Bertz CT molecular complexity index is 1500. The summed E-state index contributed by atoms with van der Waals surface area (Å²) in [5.41, 5.74) is 0.520. The van der Waals surface area contributed by atoms with Gasteiger partial charge >= 0.3 is 5.97 Å². The number of aliphatic carboxylic acids is 1. The van der Waals surface area contributed by atoms with Gasteiger partial charge in [-0.25, -0.2) is 13.4 Å². The molecule has 0 radical (unpaired) electrons. The van der Waals surface area contributed by atoms with Crippen LogP contribution in [-0.4, -0.2) is 78.4 Å². The third-order valence-electron chi connectivity index (χ3n) is 6.77. The topological polar surface area (TPSA) is 187 Å². The number of carbonyl (C=O) groups is 2. The zero-order chi connectivity index (χ0) is 28.2. The van der Waals surface area contributed by atoms with Crippen molar-refractivity contribution in [2.45, 2.75) is 35.4 Å². The van der Waals surface area contributed by atoms with Crippen molar-refractivity contribution in [1.29, 1.82) is 0 Å². The third-order valence-corrected chi connectivity index (χ3v) is 8.30. The highest BCUT2D eigenvalue weighted by molar-refractivity contribution is 7.89. The van der Waals surface area contributed by atoms with Gasteiger partial charge in [0.2, 0.25) is 10.0 Å². The molecule has 1 aromatic heterocycles. The van der Waals surface area contributed by atoms with Crippen LogP contribution in [0.15, 0.2) is 77.0 Å². The van der Waals surface area contributed by atoms with Crippen LogP contribution in [0, 0.1) is 0 Å². The number of rotatable bonds is 11. The number of benzene rings is 2. The predicted octanol–water partition coefficient (Wildman–Crippen LogP) is 0.914. The number of carboxylic acids is 1. The second-order valence-corrected chi connectivity index (χ2v) is 11.4. The molecule has 2 aliphatic heterocycles. The van der Waals surface area contributed by atoms with Gasteiger partial charge in [-0.1, -0.05) is 53.7 Å². The number of sulfonamides is 1. The summed E-state index contributed by atoms with van der Waals surface area (Å²) in [6, 6.07) is 13.6. The van der Waals surface area contributed by atoms with Crippen LogP contribution in [0.2, 0.25) is 0 Å². The largest absolute Gasteiger partial charge is 0.480 e. The van der Waals surface area contributed by atoms with Crippen LogP contribution in [-0.2, 0) is 24.4 Å². The van der Waals surface area contributed by atoms with Crippen molar-refractivity contribution in [3.05, 3.63) is 67.0 Å². The van der Waals surface area contributed by atoms with Crippen LogP contribution in [0.3, 0.4) is 0 Å². The Morgan fingerprint density at radius 3 is 2.67 bits per heavy atom. The van der Waals surface area contributed by atoms with E-state index < -0.39 is 40.1 Å². The fraction of sp³-hybridized carbons (Fsp3) is 0.308. The average molecular weight is 568 g/mol. The maximum atomic E-state index is 13.2. The number of carbonyl (C=O) groups excluding carboxylic acids is 1. The number of oxime groups is 1. The Morgan fingerprint density at radius 1 is 1.15 bits per heavy atom. The number of imidazole rings is 1. The highest BCUT2D eigenvalue weighted by Crippen LogP contribution is 2.33. The minimum Gasteiger partial charge on any atom is -0.480 e. The normalized spacial score (nSPS) is 21.0. The van der Waals surface area contributed by atoms with Gasteiger partial charge in [-0.2, -0.15) is 4.72 Å². The lowest BCUT2D eigenvalue weighted by molar-refractivity contribution is -0.138. The van der Waals surface area contributed by atoms with E-state index in [4.69, 9.17) is 4.84 Å². The molecule has 6 N–H and O–H groups in total. The third kappa shape index (κ3) is 6.14. The lowest BCUT2D eigenvalue weighted by atomic mass is 9.94. The van der Waals surface area contributed by atoms with Crippen LogP contribution in [0.5, 0.6) is 0 Å².